The van der Waals surface area contributed by atoms with Gasteiger partial charge in [0.25, 0.3) is 6.43 Å². The third kappa shape index (κ3) is 1.80. The number of aliphatic hydroxyl groups is 1. The minimum atomic E-state index is -2.73. The van der Waals surface area contributed by atoms with E-state index in [-0.39, 0.29) is 35.7 Å². The molecule has 0 aliphatic heterocycles. The van der Waals surface area contributed by atoms with Crippen LogP contribution in [0.15, 0.2) is 6.20 Å². The molecule has 0 aliphatic rings. The van der Waals surface area contributed by atoms with Gasteiger partial charge >= 0.3 is 0 Å². The summed E-state index contributed by atoms with van der Waals surface area (Å²) in [5, 5.41) is 8.87. The first kappa shape index (κ1) is 10.8. The van der Waals surface area contributed by atoms with Gasteiger partial charge in [0.05, 0.1) is 12.2 Å². The highest BCUT2D eigenvalue weighted by molar-refractivity contribution is 5.48. The number of hydrogen-bond acceptors (Lipinski definition) is 4. The second-order valence-electron chi connectivity index (χ2n) is 2.72. The molecule has 0 unspecified atom stereocenters. The van der Waals surface area contributed by atoms with E-state index in [1.807, 2.05) is 0 Å². The fourth-order valence-corrected chi connectivity index (χ4v) is 1.24. The topological polar surface area (TPSA) is 85.2 Å². The number of halogens is 2. The maximum atomic E-state index is 12.5. The quantitative estimate of drug-likeness (QED) is 0.669. The molecule has 5 N–H and O–H groups in total. The second kappa shape index (κ2) is 4.30. The number of aromatic nitrogens is 1. The molecule has 0 aromatic carbocycles. The molecule has 1 heterocycles. The van der Waals surface area contributed by atoms with Crippen molar-refractivity contribution in [2.24, 2.45) is 5.73 Å². The zero-order valence-corrected chi connectivity index (χ0v) is 7.37. The molecule has 0 radical (unpaired) electrons. The van der Waals surface area contributed by atoms with E-state index in [4.69, 9.17) is 16.6 Å². The maximum Gasteiger partial charge on any atom is 0.267 e. The monoisotopic (exact) mass is 203 g/mol. The average molecular weight is 203 g/mol. The summed E-state index contributed by atoms with van der Waals surface area (Å²) in [6, 6.07) is 0. The van der Waals surface area contributed by atoms with Crippen molar-refractivity contribution in [1.29, 1.82) is 0 Å². The van der Waals surface area contributed by atoms with E-state index in [0.29, 0.717) is 0 Å². The molecule has 0 saturated carbocycles. The molecule has 0 aliphatic carbocycles. The molecule has 0 atom stereocenters. The second-order valence-corrected chi connectivity index (χ2v) is 2.72. The third-order valence-corrected chi connectivity index (χ3v) is 1.94. The highest BCUT2D eigenvalue weighted by atomic mass is 19.3. The van der Waals surface area contributed by atoms with Crippen LogP contribution in [0.3, 0.4) is 0 Å². The number of anilines is 1. The molecule has 14 heavy (non-hydrogen) atoms. The van der Waals surface area contributed by atoms with Gasteiger partial charge in [-0.3, -0.25) is 0 Å². The van der Waals surface area contributed by atoms with E-state index in [1.165, 1.54) is 6.20 Å². The normalized spacial score (nSPS) is 10.9. The summed E-state index contributed by atoms with van der Waals surface area (Å²) in [7, 11) is 0. The van der Waals surface area contributed by atoms with Gasteiger partial charge < -0.3 is 16.6 Å². The predicted molar refractivity (Wildman–Crippen MR) is 47.4 cm³/mol. The van der Waals surface area contributed by atoms with Crippen molar-refractivity contribution in [1.82, 2.24) is 4.98 Å². The molecule has 0 fully saturated rings. The first-order valence-electron chi connectivity index (χ1n) is 3.97. The van der Waals surface area contributed by atoms with Gasteiger partial charge in [-0.05, 0) is 5.56 Å². The molecule has 0 bridgehead atoms. The van der Waals surface area contributed by atoms with Crippen LogP contribution in [0, 0.1) is 0 Å². The highest BCUT2D eigenvalue weighted by Crippen LogP contribution is 2.29. The Bertz CT molecular complexity index is 331. The summed E-state index contributed by atoms with van der Waals surface area (Å²) in [5.41, 5.74) is 10.7. The summed E-state index contributed by atoms with van der Waals surface area (Å²) >= 11 is 0. The standard InChI is InChI=1S/C8H11F2N3O/c9-7(10)6-5(1-11)4(3-14)2-13-8(6)12/h2,7,14H,1,3,11H2,(H2,12,13). The first-order chi connectivity index (χ1) is 6.61. The number of nitrogens with zero attached hydrogens (tertiary/aromatic N) is 1. The highest BCUT2D eigenvalue weighted by Gasteiger charge is 2.19. The molecule has 4 nitrogen and oxygen atoms in total. The molecule has 6 heteroatoms. The Morgan fingerprint density at radius 2 is 2.14 bits per heavy atom. The molecular weight excluding hydrogens is 192 g/mol. The van der Waals surface area contributed by atoms with Crippen molar-refractivity contribution in [3.63, 3.8) is 0 Å². The lowest BCUT2D eigenvalue weighted by molar-refractivity contribution is 0.150. The van der Waals surface area contributed by atoms with Crippen LogP contribution in [0.4, 0.5) is 14.6 Å². The number of rotatable bonds is 3. The molecule has 1 rings (SSSR count). The van der Waals surface area contributed by atoms with E-state index in [1.54, 1.807) is 0 Å². The summed E-state index contributed by atoms with van der Waals surface area (Å²) in [4.78, 5) is 3.56. The number of hydrogen-bond donors (Lipinski definition) is 3. The van der Waals surface area contributed by atoms with Crippen molar-refractivity contribution in [3.8, 4) is 0 Å². The van der Waals surface area contributed by atoms with Crippen molar-refractivity contribution in [2.45, 2.75) is 19.6 Å². The molecule has 0 spiro atoms. The van der Waals surface area contributed by atoms with Gasteiger partial charge in [-0.15, -0.1) is 0 Å². The Morgan fingerprint density at radius 3 is 2.57 bits per heavy atom. The number of nitrogen functional groups attached to an aromatic ring is 1. The Kier molecular flexibility index (Phi) is 3.32. The Labute approximate surface area is 79.6 Å². The fraction of sp³-hybridized carbons (Fsp3) is 0.375. The lowest BCUT2D eigenvalue weighted by atomic mass is 10.0. The minimum absolute atomic E-state index is 0.0950. The minimum Gasteiger partial charge on any atom is -0.392 e. The van der Waals surface area contributed by atoms with Crippen LogP contribution in [0.5, 0.6) is 0 Å². The number of pyridine rings is 1. The Balaban J connectivity index is 3.35. The van der Waals surface area contributed by atoms with Crippen molar-refractivity contribution >= 4 is 5.82 Å². The van der Waals surface area contributed by atoms with E-state index >= 15 is 0 Å². The zero-order valence-electron chi connectivity index (χ0n) is 7.37. The van der Waals surface area contributed by atoms with Gasteiger partial charge in [0, 0.05) is 18.3 Å². The van der Waals surface area contributed by atoms with Gasteiger partial charge in [0.15, 0.2) is 0 Å². The van der Waals surface area contributed by atoms with Crippen molar-refractivity contribution in [3.05, 3.63) is 22.9 Å². The Hall–Kier alpha value is -1.27. The molecule has 1 aromatic rings. The van der Waals surface area contributed by atoms with Gasteiger partial charge in [-0.2, -0.15) is 0 Å². The first-order valence-corrected chi connectivity index (χ1v) is 3.97. The SMILES string of the molecule is NCc1c(CO)cnc(N)c1C(F)F. The molecule has 0 amide bonds. The van der Waals surface area contributed by atoms with Crippen LogP contribution in [0.1, 0.15) is 23.1 Å². The van der Waals surface area contributed by atoms with E-state index < -0.39 is 6.43 Å². The lowest BCUT2D eigenvalue weighted by Gasteiger charge is -2.12. The fourth-order valence-electron chi connectivity index (χ4n) is 1.24. The largest absolute Gasteiger partial charge is 0.392 e. The molecular formula is C8H11F2N3O. The van der Waals surface area contributed by atoms with Gasteiger partial charge in [0.1, 0.15) is 5.82 Å². The van der Waals surface area contributed by atoms with Crippen LogP contribution >= 0.6 is 0 Å². The summed E-state index contributed by atoms with van der Waals surface area (Å²) in [6.07, 6.45) is -1.48. The van der Waals surface area contributed by atoms with E-state index in [9.17, 15) is 8.78 Å². The average Bonchev–Trinajstić information content (AvgIpc) is 2.16. The summed E-state index contributed by atoms with van der Waals surface area (Å²) in [6.45, 7) is -0.470. The smallest absolute Gasteiger partial charge is 0.267 e. The number of nitrogens with two attached hydrogens (primary N) is 2. The predicted octanol–water partition coefficient (Wildman–Crippen LogP) is 0.552. The lowest BCUT2D eigenvalue weighted by Crippen LogP contribution is -2.11. The molecule has 1 aromatic heterocycles. The van der Waals surface area contributed by atoms with Crippen LogP contribution in [0.25, 0.3) is 0 Å². The summed E-state index contributed by atoms with van der Waals surface area (Å²) < 4.78 is 25.1. The van der Waals surface area contributed by atoms with Crippen LogP contribution < -0.4 is 11.5 Å². The van der Waals surface area contributed by atoms with E-state index in [2.05, 4.69) is 4.98 Å². The van der Waals surface area contributed by atoms with E-state index in [0.717, 1.165) is 0 Å². The van der Waals surface area contributed by atoms with Gasteiger partial charge in [-0.1, -0.05) is 0 Å². The van der Waals surface area contributed by atoms with Crippen molar-refractivity contribution < 1.29 is 13.9 Å². The summed E-state index contributed by atoms with van der Waals surface area (Å²) in [5.74, 6) is -0.238. The van der Waals surface area contributed by atoms with Crippen molar-refractivity contribution in [2.75, 3.05) is 5.73 Å². The molecule has 78 valence electrons. The number of alkyl halides is 2. The maximum absolute atomic E-state index is 12.5. The van der Waals surface area contributed by atoms with Gasteiger partial charge in [0.2, 0.25) is 0 Å². The van der Waals surface area contributed by atoms with Gasteiger partial charge in [-0.25, -0.2) is 13.8 Å². The molecule has 0 saturated heterocycles. The van der Waals surface area contributed by atoms with Crippen LogP contribution in [-0.2, 0) is 13.2 Å². The zero-order chi connectivity index (χ0) is 10.7. The number of aliphatic hydroxyl groups excluding tert-OH is 1. The van der Waals surface area contributed by atoms with Crippen LogP contribution in [-0.4, -0.2) is 10.1 Å². The van der Waals surface area contributed by atoms with Crippen LogP contribution in [0.2, 0.25) is 0 Å². The third-order valence-electron chi connectivity index (χ3n) is 1.94. The Morgan fingerprint density at radius 1 is 1.50 bits per heavy atom.